The van der Waals surface area contributed by atoms with Crippen LogP contribution in [-0.2, 0) is 10.2 Å². The standard InChI is InChI=1S/C23H25ClN4O2/c24-17-5-3-16(4-6-17)23(11-1-2-12-23)22(29)28-18-7-9-19(10-8-18)30-21-20(15-25)26-13-14-27-21/h3-6,13-14,18-19H,1-2,7-12H2,(H,28,29). The van der Waals surface area contributed by atoms with Gasteiger partial charge in [-0.3, -0.25) is 4.79 Å². The van der Waals surface area contributed by atoms with Gasteiger partial charge in [-0.25, -0.2) is 9.97 Å². The van der Waals surface area contributed by atoms with Crippen LogP contribution in [0.5, 0.6) is 5.88 Å². The molecule has 7 heteroatoms. The number of amides is 1. The van der Waals surface area contributed by atoms with E-state index in [1.807, 2.05) is 30.3 Å². The third kappa shape index (κ3) is 4.27. The van der Waals surface area contributed by atoms with E-state index in [9.17, 15) is 4.79 Å². The SMILES string of the molecule is N#Cc1nccnc1OC1CCC(NC(=O)C2(c3ccc(Cl)cc3)CCCC2)CC1. The molecule has 1 aromatic carbocycles. The molecule has 30 heavy (non-hydrogen) atoms. The molecule has 2 saturated carbocycles. The average molecular weight is 425 g/mol. The Morgan fingerprint density at radius 1 is 1.10 bits per heavy atom. The zero-order valence-electron chi connectivity index (χ0n) is 16.8. The fraction of sp³-hybridized carbons (Fsp3) is 0.478. The average Bonchev–Trinajstić information content (AvgIpc) is 3.27. The molecule has 2 aromatic rings. The molecule has 1 N–H and O–H groups in total. The molecule has 0 aliphatic heterocycles. The Balaban J connectivity index is 1.37. The summed E-state index contributed by atoms with van der Waals surface area (Å²) >= 11 is 6.05. The van der Waals surface area contributed by atoms with Crippen molar-refractivity contribution in [3.8, 4) is 11.9 Å². The van der Waals surface area contributed by atoms with Crippen molar-refractivity contribution in [1.29, 1.82) is 5.26 Å². The molecule has 0 bridgehead atoms. The molecule has 1 heterocycles. The molecule has 1 aromatic heterocycles. The summed E-state index contributed by atoms with van der Waals surface area (Å²) in [5.74, 6) is 0.424. The lowest BCUT2D eigenvalue weighted by Gasteiger charge is -2.34. The van der Waals surface area contributed by atoms with Crippen LogP contribution in [-0.4, -0.2) is 28.0 Å². The first-order chi connectivity index (χ1) is 14.6. The number of hydrogen-bond acceptors (Lipinski definition) is 5. The number of halogens is 1. The van der Waals surface area contributed by atoms with E-state index in [4.69, 9.17) is 21.6 Å². The molecule has 156 valence electrons. The van der Waals surface area contributed by atoms with Gasteiger partial charge in [0.25, 0.3) is 5.88 Å². The van der Waals surface area contributed by atoms with Crippen molar-refractivity contribution in [2.45, 2.75) is 68.9 Å². The van der Waals surface area contributed by atoms with Crippen LogP contribution in [0.2, 0.25) is 5.02 Å². The minimum atomic E-state index is -0.445. The van der Waals surface area contributed by atoms with Crippen molar-refractivity contribution in [2.75, 3.05) is 0 Å². The third-order valence-corrected chi connectivity index (χ3v) is 6.60. The molecule has 0 spiro atoms. The predicted octanol–water partition coefficient (Wildman–Crippen LogP) is 4.32. The van der Waals surface area contributed by atoms with Gasteiger partial charge in [-0.15, -0.1) is 0 Å². The van der Waals surface area contributed by atoms with E-state index in [2.05, 4.69) is 15.3 Å². The van der Waals surface area contributed by atoms with Crippen molar-refractivity contribution >= 4 is 17.5 Å². The number of carbonyl (C=O) groups excluding carboxylic acids is 1. The third-order valence-electron chi connectivity index (χ3n) is 6.35. The summed E-state index contributed by atoms with van der Waals surface area (Å²) in [6.45, 7) is 0. The highest BCUT2D eigenvalue weighted by Gasteiger charge is 2.43. The minimum absolute atomic E-state index is 0.0151. The van der Waals surface area contributed by atoms with Crippen LogP contribution < -0.4 is 10.1 Å². The number of nitrogens with one attached hydrogen (secondary N) is 1. The summed E-state index contributed by atoms with van der Waals surface area (Å²) < 4.78 is 5.91. The Morgan fingerprint density at radius 2 is 1.77 bits per heavy atom. The molecule has 2 aliphatic carbocycles. The van der Waals surface area contributed by atoms with Gasteiger partial charge in [0, 0.05) is 23.5 Å². The Bertz CT molecular complexity index is 927. The molecule has 1 amide bonds. The summed E-state index contributed by atoms with van der Waals surface area (Å²) in [5.41, 5.74) is 0.823. The van der Waals surface area contributed by atoms with Crippen LogP contribution in [0.3, 0.4) is 0 Å². The second kappa shape index (κ2) is 9.01. The Kier molecular flexibility index (Phi) is 6.19. The molecule has 2 fully saturated rings. The highest BCUT2D eigenvalue weighted by molar-refractivity contribution is 6.30. The van der Waals surface area contributed by atoms with Gasteiger partial charge >= 0.3 is 0 Å². The van der Waals surface area contributed by atoms with Crippen LogP contribution >= 0.6 is 11.6 Å². The lowest BCUT2D eigenvalue weighted by molar-refractivity contribution is -0.127. The van der Waals surface area contributed by atoms with Crippen molar-refractivity contribution in [3.05, 3.63) is 52.9 Å². The normalized spacial score (nSPS) is 22.8. The van der Waals surface area contributed by atoms with Crippen LogP contribution in [0.1, 0.15) is 62.6 Å². The lowest BCUT2D eigenvalue weighted by Crippen LogP contribution is -2.48. The van der Waals surface area contributed by atoms with Gasteiger partial charge in [0.2, 0.25) is 11.6 Å². The number of ether oxygens (including phenoxy) is 1. The summed E-state index contributed by atoms with van der Waals surface area (Å²) in [6, 6.07) is 9.87. The Hall–Kier alpha value is -2.65. The quantitative estimate of drug-likeness (QED) is 0.772. The lowest BCUT2D eigenvalue weighted by atomic mass is 9.77. The summed E-state index contributed by atoms with van der Waals surface area (Å²) in [4.78, 5) is 21.5. The van der Waals surface area contributed by atoms with E-state index in [1.54, 1.807) is 0 Å². The first-order valence-corrected chi connectivity index (χ1v) is 10.9. The molecule has 4 rings (SSSR count). The summed E-state index contributed by atoms with van der Waals surface area (Å²) in [5, 5.41) is 13.1. The molecular formula is C23H25ClN4O2. The van der Waals surface area contributed by atoms with E-state index >= 15 is 0 Å². The predicted molar refractivity (Wildman–Crippen MR) is 113 cm³/mol. The van der Waals surface area contributed by atoms with Crippen molar-refractivity contribution in [2.24, 2.45) is 0 Å². The topological polar surface area (TPSA) is 87.9 Å². The van der Waals surface area contributed by atoms with Gasteiger partial charge < -0.3 is 10.1 Å². The largest absolute Gasteiger partial charge is 0.472 e. The highest BCUT2D eigenvalue weighted by Crippen LogP contribution is 2.42. The highest BCUT2D eigenvalue weighted by atomic mass is 35.5. The van der Waals surface area contributed by atoms with Crippen LogP contribution in [0, 0.1) is 11.3 Å². The number of hydrogen-bond donors (Lipinski definition) is 1. The summed E-state index contributed by atoms with van der Waals surface area (Å²) in [6.07, 6.45) is 10.2. The van der Waals surface area contributed by atoms with Crippen molar-refractivity contribution < 1.29 is 9.53 Å². The van der Waals surface area contributed by atoms with Gasteiger partial charge in [0.1, 0.15) is 12.2 Å². The molecule has 6 nitrogen and oxygen atoms in total. The van der Waals surface area contributed by atoms with Gasteiger partial charge in [0.15, 0.2) is 0 Å². The van der Waals surface area contributed by atoms with Gasteiger partial charge in [-0.05, 0) is 56.2 Å². The molecule has 0 unspecified atom stereocenters. The van der Waals surface area contributed by atoms with E-state index in [-0.39, 0.29) is 23.7 Å². The number of nitriles is 1. The van der Waals surface area contributed by atoms with Crippen molar-refractivity contribution in [3.63, 3.8) is 0 Å². The second-order valence-electron chi connectivity index (χ2n) is 8.18. The number of benzene rings is 1. The minimum Gasteiger partial charge on any atom is -0.472 e. The summed E-state index contributed by atoms with van der Waals surface area (Å²) in [7, 11) is 0. The maximum atomic E-state index is 13.3. The number of nitrogens with zero attached hydrogens (tertiary/aromatic N) is 3. The monoisotopic (exact) mass is 424 g/mol. The number of aromatic nitrogens is 2. The maximum Gasteiger partial charge on any atom is 0.251 e. The van der Waals surface area contributed by atoms with E-state index < -0.39 is 5.41 Å². The van der Waals surface area contributed by atoms with Crippen molar-refractivity contribution in [1.82, 2.24) is 15.3 Å². The molecule has 2 aliphatic rings. The van der Waals surface area contributed by atoms with Crippen LogP contribution in [0.25, 0.3) is 0 Å². The number of carbonyl (C=O) groups is 1. The second-order valence-corrected chi connectivity index (χ2v) is 8.62. The van der Waals surface area contributed by atoms with Crippen LogP contribution in [0.15, 0.2) is 36.7 Å². The van der Waals surface area contributed by atoms with Gasteiger partial charge in [-0.2, -0.15) is 5.26 Å². The van der Waals surface area contributed by atoms with Gasteiger partial charge in [-0.1, -0.05) is 36.6 Å². The Morgan fingerprint density at radius 3 is 2.43 bits per heavy atom. The zero-order chi connectivity index (χ0) is 21.0. The first kappa shape index (κ1) is 20.6. The van der Waals surface area contributed by atoms with Gasteiger partial charge in [0.05, 0.1) is 5.41 Å². The molecule has 0 atom stereocenters. The smallest absolute Gasteiger partial charge is 0.251 e. The first-order valence-electron chi connectivity index (χ1n) is 10.6. The maximum absolute atomic E-state index is 13.3. The molecule has 0 radical (unpaired) electrons. The zero-order valence-corrected chi connectivity index (χ0v) is 17.6. The van der Waals surface area contributed by atoms with E-state index in [0.717, 1.165) is 56.9 Å². The fourth-order valence-corrected chi connectivity index (χ4v) is 4.81. The van der Waals surface area contributed by atoms with E-state index in [0.29, 0.717) is 10.9 Å². The number of rotatable bonds is 5. The molecular weight excluding hydrogens is 400 g/mol. The van der Waals surface area contributed by atoms with E-state index in [1.165, 1.54) is 12.4 Å². The Labute approximate surface area is 181 Å². The van der Waals surface area contributed by atoms with Crippen LogP contribution in [0.4, 0.5) is 0 Å². The fourth-order valence-electron chi connectivity index (χ4n) is 4.69. The molecule has 0 saturated heterocycles.